The largest absolute Gasteiger partial charge is 0.343 e. The molecule has 25 heavy (non-hydrogen) atoms. The third-order valence-corrected chi connectivity index (χ3v) is 4.73. The molecule has 1 saturated heterocycles. The SMILES string of the molecule is Cc1cc(-c2ncc[nH]2)nc(C2CCCN(Cc3ccccc3)C2)n1. The lowest BCUT2D eigenvalue weighted by Gasteiger charge is -2.32. The lowest BCUT2D eigenvalue weighted by atomic mass is 9.96. The summed E-state index contributed by atoms with van der Waals surface area (Å²) in [6.07, 6.45) is 5.92. The third kappa shape index (κ3) is 3.77. The fourth-order valence-electron chi connectivity index (χ4n) is 3.55. The fraction of sp³-hybridized carbons (Fsp3) is 0.350. The van der Waals surface area contributed by atoms with E-state index in [1.54, 1.807) is 6.20 Å². The van der Waals surface area contributed by atoms with Crippen molar-refractivity contribution in [2.24, 2.45) is 0 Å². The van der Waals surface area contributed by atoms with Crippen LogP contribution in [0.5, 0.6) is 0 Å². The molecular formula is C20H23N5. The van der Waals surface area contributed by atoms with Crippen molar-refractivity contribution in [2.75, 3.05) is 13.1 Å². The van der Waals surface area contributed by atoms with Gasteiger partial charge in [-0.2, -0.15) is 0 Å². The minimum absolute atomic E-state index is 0.381. The summed E-state index contributed by atoms with van der Waals surface area (Å²) in [6, 6.07) is 12.7. The molecule has 128 valence electrons. The average molecular weight is 333 g/mol. The Bertz CT molecular complexity index is 813. The number of rotatable bonds is 4. The van der Waals surface area contributed by atoms with Crippen molar-refractivity contribution in [3.63, 3.8) is 0 Å². The van der Waals surface area contributed by atoms with Gasteiger partial charge in [0.25, 0.3) is 0 Å². The average Bonchev–Trinajstić information content (AvgIpc) is 3.17. The van der Waals surface area contributed by atoms with E-state index in [2.05, 4.69) is 45.2 Å². The van der Waals surface area contributed by atoms with Crippen LogP contribution in [0.4, 0.5) is 0 Å². The Hall–Kier alpha value is -2.53. The first-order valence-electron chi connectivity index (χ1n) is 8.89. The molecule has 0 radical (unpaired) electrons. The van der Waals surface area contributed by atoms with Crippen LogP contribution in [0.1, 0.15) is 35.8 Å². The molecule has 1 unspecified atom stereocenters. The van der Waals surface area contributed by atoms with Crippen LogP contribution in [-0.2, 0) is 6.54 Å². The molecule has 0 spiro atoms. The third-order valence-electron chi connectivity index (χ3n) is 4.73. The molecule has 3 heterocycles. The molecule has 1 aliphatic rings. The highest BCUT2D eigenvalue weighted by Gasteiger charge is 2.24. The number of imidazole rings is 1. The summed E-state index contributed by atoms with van der Waals surface area (Å²) in [4.78, 5) is 19.5. The van der Waals surface area contributed by atoms with Crippen LogP contribution >= 0.6 is 0 Å². The Balaban J connectivity index is 1.53. The summed E-state index contributed by atoms with van der Waals surface area (Å²) in [5, 5.41) is 0. The lowest BCUT2D eigenvalue weighted by Crippen LogP contribution is -2.34. The second-order valence-corrected chi connectivity index (χ2v) is 6.75. The van der Waals surface area contributed by atoms with Gasteiger partial charge < -0.3 is 4.98 Å². The maximum Gasteiger partial charge on any atom is 0.156 e. The Morgan fingerprint density at radius 3 is 2.88 bits per heavy atom. The molecule has 0 aliphatic carbocycles. The van der Waals surface area contributed by atoms with E-state index < -0.39 is 0 Å². The van der Waals surface area contributed by atoms with Crippen molar-refractivity contribution in [3.05, 3.63) is 65.9 Å². The summed E-state index contributed by atoms with van der Waals surface area (Å²) >= 11 is 0. The van der Waals surface area contributed by atoms with E-state index in [1.807, 2.05) is 19.2 Å². The van der Waals surface area contributed by atoms with Gasteiger partial charge in [0.1, 0.15) is 11.5 Å². The number of benzene rings is 1. The summed E-state index contributed by atoms with van der Waals surface area (Å²) in [6.45, 7) is 5.18. The topological polar surface area (TPSA) is 57.7 Å². The van der Waals surface area contributed by atoms with E-state index in [4.69, 9.17) is 9.97 Å². The maximum atomic E-state index is 4.81. The minimum atomic E-state index is 0.381. The molecule has 0 amide bonds. The predicted molar refractivity (Wildman–Crippen MR) is 98.0 cm³/mol. The Labute approximate surface area is 148 Å². The van der Waals surface area contributed by atoms with Gasteiger partial charge in [0.05, 0.1) is 0 Å². The zero-order valence-corrected chi connectivity index (χ0v) is 14.5. The summed E-state index contributed by atoms with van der Waals surface area (Å²) in [7, 11) is 0. The number of H-pyrrole nitrogens is 1. The molecule has 1 aliphatic heterocycles. The summed E-state index contributed by atoms with van der Waals surface area (Å²) in [5.74, 6) is 2.14. The number of aryl methyl sites for hydroxylation is 1. The summed E-state index contributed by atoms with van der Waals surface area (Å²) in [5.41, 5.74) is 3.24. The van der Waals surface area contributed by atoms with Crippen LogP contribution in [0, 0.1) is 6.92 Å². The molecule has 5 heteroatoms. The molecule has 4 rings (SSSR count). The van der Waals surface area contributed by atoms with Gasteiger partial charge in [-0.1, -0.05) is 30.3 Å². The van der Waals surface area contributed by atoms with Gasteiger partial charge >= 0.3 is 0 Å². The second kappa shape index (κ2) is 7.15. The molecular weight excluding hydrogens is 310 g/mol. The number of aromatic nitrogens is 4. The molecule has 3 aromatic rings. The molecule has 0 bridgehead atoms. The van der Waals surface area contributed by atoms with E-state index >= 15 is 0 Å². The number of hydrogen-bond donors (Lipinski definition) is 1. The first kappa shape index (κ1) is 16.0. The predicted octanol–water partition coefficient (Wildman–Crippen LogP) is 3.55. The Morgan fingerprint density at radius 1 is 1.20 bits per heavy atom. The van der Waals surface area contributed by atoms with Crippen molar-refractivity contribution < 1.29 is 0 Å². The molecule has 1 aromatic carbocycles. The highest BCUT2D eigenvalue weighted by atomic mass is 15.1. The fourth-order valence-corrected chi connectivity index (χ4v) is 3.55. The van der Waals surface area contributed by atoms with E-state index in [-0.39, 0.29) is 0 Å². The van der Waals surface area contributed by atoms with Gasteiger partial charge in [-0.25, -0.2) is 15.0 Å². The molecule has 1 atom stereocenters. The second-order valence-electron chi connectivity index (χ2n) is 6.75. The van der Waals surface area contributed by atoms with Crippen LogP contribution in [-0.4, -0.2) is 37.9 Å². The van der Waals surface area contributed by atoms with Crippen LogP contribution in [0.3, 0.4) is 0 Å². The van der Waals surface area contributed by atoms with Gasteiger partial charge in [0.15, 0.2) is 5.82 Å². The van der Waals surface area contributed by atoms with Gasteiger partial charge in [-0.05, 0) is 37.9 Å². The van der Waals surface area contributed by atoms with Gasteiger partial charge in [-0.3, -0.25) is 4.90 Å². The van der Waals surface area contributed by atoms with Crippen LogP contribution < -0.4 is 0 Å². The first-order valence-corrected chi connectivity index (χ1v) is 8.89. The zero-order chi connectivity index (χ0) is 17.1. The van der Waals surface area contributed by atoms with Crippen molar-refractivity contribution in [3.8, 4) is 11.5 Å². The van der Waals surface area contributed by atoms with E-state index in [0.717, 1.165) is 49.1 Å². The molecule has 1 fully saturated rings. The number of piperidine rings is 1. The monoisotopic (exact) mass is 333 g/mol. The molecule has 5 nitrogen and oxygen atoms in total. The van der Waals surface area contributed by atoms with Crippen molar-refractivity contribution in [2.45, 2.75) is 32.2 Å². The van der Waals surface area contributed by atoms with E-state index in [9.17, 15) is 0 Å². The highest BCUT2D eigenvalue weighted by Crippen LogP contribution is 2.27. The molecule has 0 saturated carbocycles. The number of aromatic amines is 1. The Kier molecular flexibility index (Phi) is 4.57. The Morgan fingerprint density at radius 2 is 2.08 bits per heavy atom. The standard InChI is InChI=1S/C20H23N5/c1-15-12-18(20-21-9-10-22-20)24-19(23-15)17-8-5-11-25(14-17)13-16-6-3-2-4-7-16/h2-4,6-7,9-10,12,17H,5,8,11,13-14H2,1H3,(H,21,22). The minimum Gasteiger partial charge on any atom is -0.343 e. The summed E-state index contributed by atoms with van der Waals surface area (Å²) < 4.78 is 0. The van der Waals surface area contributed by atoms with Gasteiger partial charge in [0.2, 0.25) is 0 Å². The highest BCUT2D eigenvalue weighted by molar-refractivity contribution is 5.49. The first-order chi connectivity index (χ1) is 12.3. The van der Waals surface area contributed by atoms with Crippen LogP contribution in [0.15, 0.2) is 48.8 Å². The normalized spacial score (nSPS) is 18.4. The molecule has 1 N–H and O–H groups in total. The maximum absolute atomic E-state index is 4.81. The van der Waals surface area contributed by atoms with Crippen molar-refractivity contribution in [1.29, 1.82) is 0 Å². The lowest BCUT2D eigenvalue weighted by molar-refractivity contribution is 0.196. The molecule has 2 aromatic heterocycles. The number of nitrogens with one attached hydrogen (secondary N) is 1. The zero-order valence-electron chi connectivity index (χ0n) is 14.5. The van der Waals surface area contributed by atoms with Gasteiger partial charge in [0, 0.05) is 37.1 Å². The van der Waals surface area contributed by atoms with E-state index in [1.165, 1.54) is 12.0 Å². The number of likely N-dealkylation sites (tertiary alicyclic amines) is 1. The van der Waals surface area contributed by atoms with E-state index in [0.29, 0.717) is 5.92 Å². The van der Waals surface area contributed by atoms with Crippen molar-refractivity contribution in [1.82, 2.24) is 24.8 Å². The number of hydrogen-bond acceptors (Lipinski definition) is 4. The smallest absolute Gasteiger partial charge is 0.156 e. The quantitative estimate of drug-likeness (QED) is 0.793. The van der Waals surface area contributed by atoms with Crippen LogP contribution in [0.2, 0.25) is 0 Å². The number of nitrogens with zero attached hydrogens (tertiary/aromatic N) is 4. The van der Waals surface area contributed by atoms with Crippen molar-refractivity contribution >= 4 is 0 Å². The van der Waals surface area contributed by atoms with Crippen LogP contribution in [0.25, 0.3) is 11.5 Å². The van der Waals surface area contributed by atoms with Gasteiger partial charge in [-0.15, -0.1) is 0 Å².